The van der Waals surface area contributed by atoms with Crippen molar-refractivity contribution in [3.63, 3.8) is 0 Å². The van der Waals surface area contributed by atoms with Gasteiger partial charge in [0.2, 0.25) is 0 Å². The Hall–Kier alpha value is 2.45. The van der Waals surface area contributed by atoms with Crippen LogP contribution >= 0.6 is 64.6 Å². The van der Waals surface area contributed by atoms with Gasteiger partial charge in [-0.25, -0.2) is 5.09 Å². The van der Waals surface area contributed by atoms with Gasteiger partial charge in [0.1, 0.15) is 0 Å². The first-order valence-corrected chi connectivity index (χ1v) is 11.8. The summed E-state index contributed by atoms with van der Waals surface area (Å²) in [4.78, 5) is 44.4. The van der Waals surface area contributed by atoms with Crippen LogP contribution in [0.5, 0.6) is 0 Å². The van der Waals surface area contributed by atoms with E-state index in [2.05, 4.69) is 56.1 Å². The van der Waals surface area contributed by atoms with Crippen LogP contribution in [0.1, 0.15) is 44.6 Å². The molecule has 222 valence electrons. The number of phosphoric acid groups is 1. The Morgan fingerprint density at radius 1 is 0.811 bits per heavy atom. The zero-order valence-corrected chi connectivity index (χ0v) is 28.4. The van der Waals surface area contributed by atoms with Crippen molar-refractivity contribution in [2.45, 2.75) is 44.6 Å². The van der Waals surface area contributed by atoms with Gasteiger partial charge in [-0.05, 0) is 48.9 Å². The van der Waals surface area contributed by atoms with Crippen LogP contribution in [-0.4, -0.2) is 62.8 Å². The Bertz CT molecular complexity index is 560. The number of nitrogens with one attached hydrogen (secondary N) is 6. The molecule has 37 heavy (non-hydrogen) atoms. The molecule has 0 aliphatic carbocycles. The Balaban J connectivity index is -0.0000000244. The van der Waals surface area contributed by atoms with Gasteiger partial charge >= 0.3 is 103 Å². The predicted molar refractivity (Wildman–Crippen MR) is 162 cm³/mol. The van der Waals surface area contributed by atoms with Crippen LogP contribution in [0.15, 0.2) is 0 Å². The van der Waals surface area contributed by atoms with E-state index in [-0.39, 0.29) is 175 Å². The number of thiocarbonyl (C=S) groups is 4. The predicted octanol–water partition coefficient (Wildman–Crippen LogP) is -8.34. The normalized spacial score (nSPS) is 7.43. The minimum Gasteiger partial charge on any atom is -0.756 e. The largest absolute Gasteiger partial charge is 1.00 e. The quantitative estimate of drug-likeness (QED) is 0.0549. The fourth-order valence-electron chi connectivity index (χ4n) is 0.736. The van der Waals surface area contributed by atoms with Crippen LogP contribution in [0, 0.1) is 0 Å². The topological polar surface area (TPSA) is 282 Å². The molecule has 0 rings (SSSR count). The second kappa shape index (κ2) is 45.4. The maximum Gasteiger partial charge on any atom is 1.00 e. The Morgan fingerprint density at radius 2 is 1.05 bits per heavy atom. The molecule has 23 heteroatoms. The van der Waals surface area contributed by atoms with E-state index >= 15 is 0 Å². The van der Waals surface area contributed by atoms with Crippen LogP contribution in [-0.2, 0) is 4.57 Å². The molecule has 0 saturated carbocycles. The average Bonchev–Trinajstić information content (AvgIpc) is 2.43. The van der Waals surface area contributed by atoms with Crippen molar-refractivity contribution in [3.8, 4) is 0 Å². The van der Waals surface area contributed by atoms with Crippen LogP contribution in [0.4, 0.5) is 0 Å². The van der Waals surface area contributed by atoms with Crippen LogP contribution in [0.3, 0.4) is 0 Å². The van der Waals surface area contributed by atoms with Gasteiger partial charge in [-0.15, -0.1) is 0 Å². The molecule has 0 amide bonds. The molecule has 0 aliphatic rings. The Morgan fingerprint density at radius 3 is 1.27 bits per heavy atom. The van der Waals surface area contributed by atoms with E-state index in [0.29, 0.717) is 11.8 Å². The summed E-state index contributed by atoms with van der Waals surface area (Å²) in [6, 6.07) is 0. The molecule has 14 N–H and O–H groups in total. The molecule has 0 unspecified atom stereocenters. The zero-order chi connectivity index (χ0) is 23.0. The van der Waals surface area contributed by atoms with Crippen LogP contribution in [0.2, 0.25) is 0 Å². The smallest absolute Gasteiger partial charge is 0.756 e. The van der Waals surface area contributed by atoms with Gasteiger partial charge in [-0.3, -0.25) is 4.57 Å². The molecule has 15 nitrogen and oxygen atoms in total. The van der Waals surface area contributed by atoms with E-state index in [0.717, 1.165) is 6.66 Å². The summed E-state index contributed by atoms with van der Waals surface area (Å²) in [6.45, 7) is 1.68. The third-order valence-electron chi connectivity index (χ3n) is 1.55. The number of hydrogen-bond acceptors (Lipinski definition) is 8. The van der Waals surface area contributed by atoms with Crippen molar-refractivity contribution < 1.29 is 137 Å². The van der Waals surface area contributed by atoms with Crippen LogP contribution in [0.25, 0.3) is 0 Å². The SMILES string of the molecule is C.C.C.C.C.C.CNC(=S)NCNC(=S)N[P+](C)([O-])[O-].NC(=S)NCNC(N)=S.O.O=P([O-])(O)O.[K+].[K+]. The molecule has 0 aromatic heterocycles. The van der Waals surface area contributed by atoms with Gasteiger partial charge < -0.3 is 68.0 Å². The van der Waals surface area contributed by atoms with Crippen LogP contribution < -0.4 is 161 Å². The molecule has 0 aromatic carbocycles. The van der Waals surface area contributed by atoms with Crippen molar-refractivity contribution in [2.24, 2.45) is 11.5 Å². The second-order valence-electron chi connectivity index (χ2n) is 4.15. The number of hydrogen-bond donors (Lipinski definition) is 10. The fourth-order valence-corrected chi connectivity index (χ4v) is 1.97. The summed E-state index contributed by atoms with van der Waals surface area (Å²) in [5.74, 6) is 0. The molecular weight excluding hydrogens is 661 g/mol. The van der Waals surface area contributed by atoms with Crippen molar-refractivity contribution in [3.05, 3.63) is 0 Å². The summed E-state index contributed by atoms with van der Waals surface area (Å²) in [5.41, 5.74) is 10.1. The first-order chi connectivity index (χ1) is 12.5. The van der Waals surface area contributed by atoms with E-state index in [1.54, 1.807) is 7.05 Å². The average molecular weight is 709 g/mol. The Kier molecular flexibility index (Phi) is 95.1. The standard InChI is InChI=1S/C5H13N4O2PS2.C3H8N4S2.6CH4.2K.H3O4P.H2O/c1-6-4(13)7-3-8-5(14)9-12(2,10)11;4-2(8)6-1-7-3(5)9;;;;;;;;;1-5(2,3)4;/h3H2,1-2H3,(H2,6,7,13)(H3,8,9,10,11,14);1H2,(H3,4,6,8)(H3,5,7,9);6*1H4;;;(H3,1,2,3,4);1H2/q;;;;;;;;2*+1;;/p-2. The van der Waals surface area contributed by atoms with Crippen molar-refractivity contribution >= 4 is 85.0 Å². The van der Waals surface area contributed by atoms with Crippen molar-refractivity contribution in [1.82, 2.24) is 31.7 Å². The molecule has 0 bridgehead atoms. The zero-order valence-electron chi connectivity index (χ0n) is 17.1. The van der Waals surface area contributed by atoms with Crippen molar-refractivity contribution in [2.75, 3.05) is 27.0 Å². The molecule has 0 fully saturated rings. The van der Waals surface area contributed by atoms with Gasteiger partial charge in [0.15, 0.2) is 20.4 Å². The summed E-state index contributed by atoms with van der Waals surface area (Å²) in [5, 5.41) is 16.3. The van der Waals surface area contributed by atoms with E-state index in [1.165, 1.54) is 0 Å². The van der Waals surface area contributed by atoms with Gasteiger partial charge in [0, 0.05) is 14.9 Å². The summed E-state index contributed by atoms with van der Waals surface area (Å²) < 4.78 is 8.77. The molecule has 0 spiro atoms. The first-order valence-electron chi connectivity index (χ1n) is 6.61. The second-order valence-corrected chi connectivity index (χ2v) is 8.74. The summed E-state index contributed by atoms with van der Waals surface area (Å²) in [7, 11) is -6.79. The fraction of sp³-hybridized carbons (Fsp3) is 0.714. The van der Waals surface area contributed by atoms with E-state index < -0.39 is 15.7 Å². The first kappa shape index (κ1) is 77.4. The minimum absolute atomic E-state index is 0. The molecular formula is C14H48K2N8O7P2S4. The maximum absolute atomic E-state index is 10.7. The number of nitrogens with two attached hydrogens (primary N) is 2. The monoisotopic (exact) mass is 708 g/mol. The molecule has 0 heterocycles. The van der Waals surface area contributed by atoms with Gasteiger partial charge in [0.05, 0.1) is 20.0 Å². The molecule has 0 saturated heterocycles. The third-order valence-corrected chi connectivity index (χ3v) is 3.22. The molecule has 0 aromatic rings. The molecule has 0 atom stereocenters. The Labute approximate surface area is 331 Å². The van der Waals surface area contributed by atoms with Gasteiger partial charge in [0.25, 0.3) is 7.82 Å². The summed E-state index contributed by atoms with van der Waals surface area (Å²) in [6.07, 6.45) is 0. The van der Waals surface area contributed by atoms with E-state index in [1.807, 2.05) is 0 Å². The molecule has 0 aliphatic heterocycles. The van der Waals surface area contributed by atoms with E-state index in [4.69, 9.17) is 55.1 Å². The van der Waals surface area contributed by atoms with Gasteiger partial charge in [-0.2, -0.15) is 0 Å². The van der Waals surface area contributed by atoms with E-state index in [9.17, 15) is 9.79 Å². The third kappa shape index (κ3) is 111. The van der Waals surface area contributed by atoms with Gasteiger partial charge in [-0.1, -0.05) is 44.6 Å². The minimum atomic E-state index is -4.89. The van der Waals surface area contributed by atoms with Crippen molar-refractivity contribution in [1.29, 1.82) is 0 Å². The summed E-state index contributed by atoms with van der Waals surface area (Å²) >= 11 is 18.4. The maximum atomic E-state index is 10.7. The molecule has 0 radical (unpaired) electrons. The number of rotatable bonds is 5.